The van der Waals surface area contributed by atoms with Crippen molar-refractivity contribution in [2.45, 2.75) is 40.5 Å². The van der Waals surface area contributed by atoms with Crippen LogP contribution in [0.4, 0.5) is 0 Å². The molecule has 0 N–H and O–H groups in total. The van der Waals surface area contributed by atoms with Gasteiger partial charge in [0.2, 0.25) is 0 Å². The van der Waals surface area contributed by atoms with E-state index in [0.717, 1.165) is 6.42 Å². The quantitative estimate of drug-likeness (QED) is 0.630. The zero-order valence-corrected chi connectivity index (χ0v) is 8.85. The molecule has 13 heavy (non-hydrogen) atoms. The Morgan fingerprint density at radius 2 is 1.77 bits per heavy atom. The number of hydrogen-bond donors (Lipinski definition) is 0. The Bertz CT molecular complexity index is 189. The highest BCUT2D eigenvalue weighted by molar-refractivity contribution is 5.86. The first-order valence-electron chi connectivity index (χ1n) is 4.57. The molecule has 0 heterocycles. The fourth-order valence-electron chi connectivity index (χ4n) is 0.639. The lowest BCUT2D eigenvalue weighted by Crippen LogP contribution is -2.26. The lowest BCUT2D eigenvalue weighted by atomic mass is 9.91. The smallest absolute Gasteiger partial charge is 0.306 e. The van der Waals surface area contributed by atoms with Crippen molar-refractivity contribution in [2.24, 2.45) is 5.41 Å². The number of carbonyl (C=O) groups excluding carboxylic acids is 2. The molecule has 0 amide bonds. The highest BCUT2D eigenvalue weighted by Crippen LogP contribution is 2.14. The molecule has 0 saturated heterocycles. The van der Waals surface area contributed by atoms with Gasteiger partial charge >= 0.3 is 5.97 Å². The van der Waals surface area contributed by atoms with Crippen LogP contribution in [-0.4, -0.2) is 18.4 Å². The van der Waals surface area contributed by atoms with E-state index in [-0.39, 0.29) is 18.4 Å². The minimum atomic E-state index is -0.424. The summed E-state index contributed by atoms with van der Waals surface area (Å²) in [5, 5.41) is 0. The lowest BCUT2D eigenvalue weighted by molar-refractivity contribution is -0.150. The molecular weight excluding hydrogens is 168 g/mol. The third kappa shape index (κ3) is 5.39. The molecule has 76 valence electrons. The van der Waals surface area contributed by atoms with E-state index in [2.05, 4.69) is 0 Å². The van der Waals surface area contributed by atoms with Crippen LogP contribution in [0.25, 0.3) is 0 Å². The van der Waals surface area contributed by atoms with E-state index in [1.54, 1.807) is 0 Å². The first-order chi connectivity index (χ1) is 5.88. The van der Waals surface area contributed by atoms with Crippen molar-refractivity contribution in [2.75, 3.05) is 6.61 Å². The van der Waals surface area contributed by atoms with Gasteiger partial charge in [0.1, 0.15) is 0 Å². The maximum absolute atomic E-state index is 11.3. The Morgan fingerprint density at radius 1 is 1.23 bits per heavy atom. The van der Waals surface area contributed by atoms with Gasteiger partial charge in [-0.1, -0.05) is 27.7 Å². The minimum Gasteiger partial charge on any atom is -0.458 e. The van der Waals surface area contributed by atoms with Gasteiger partial charge in [-0.25, -0.2) is 0 Å². The van der Waals surface area contributed by atoms with Crippen LogP contribution in [0.3, 0.4) is 0 Å². The monoisotopic (exact) mass is 186 g/mol. The van der Waals surface area contributed by atoms with Crippen molar-refractivity contribution in [3.8, 4) is 0 Å². The SMILES string of the molecule is CCCC(=O)OCC(=O)C(C)(C)C. The van der Waals surface area contributed by atoms with Crippen molar-refractivity contribution in [3.63, 3.8) is 0 Å². The molecule has 0 aromatic heterocycles. The predicted octanol–water partition coefficient (Wildman–Crippen LogP) is 1.94. The highest BCUT2D eigenvalue weighted by atomic mass is 16.5. The molecule has 3 heteroatoms. The average molecular weight is 186 g/mol. The lowest BCUT2D eigenvalue weighted by Gasteiger charge is -2.15. The summed E-state index contributed by atoms with van der Waals surface area (Å²) in [6, 6.07) is 0. The summed E-state index contributed by atoms with van der Waals surface area (Å²) in [6.45, 7) is 7.23. The van der Waals surface area contributed by atoms with Gasteiger partial charge in [-0.15, -0.1) is 0 Å². The molecular formula is C10H18O3. The van der Waals surface area contributed by atoms with E-state index in [4.69, 9.17) is 4.74 Å². The maximum atomic E-state index is 11.3. The zero-order chi connectivity index (χ0) is 10.5. The van der Waals surface area contributed by atoms with E-state index in [0.29, 0.717) is 6.42 Å². The first-order valence-corrected chi connectivity index (χ1v) is 4.57. The van der Waals surface area contributed by atoms with Crippen LogP contribution >= 0.6 is 0 Å². The van der Waals surface area contributed by atoms with Crippen LogP contribution in [0, 0.1) is 5.41 Å². The van der Waals surface area contributed by atoms with Crippen LogP contribution in [0.5, 0.6) is 0 Å². The Kier molecular flexibility index (Phi) is 4.67. The van der Waals surface area contributed by atoms with Gasteiger partial charge in [0, 0.05) is 11.8 Å². The van der Waals surface area contributed by atoms with Crippen molar-refractivity contribution >= 4 is 11.8 Å². The summed E-state index contributed by atoms with van der Waals surface area (Å²) < 4.78 is 4.78. The van der Waals surface area contributed by atoms with Crippen molar-refractivity contribution in [1.82, 2.24) is 0 Å². The average Bonchev–Trinajstić information content (AvgIpc) is 1.99. The molecule has 0 spiro atoms. The highest BCUT2D eigenvalue weighted by Gasteiger charge is 2.22. The van der Waals surface area contributed by atoms with E-state index in [1.807, 2.05) is 27.7 Å². The number of hydrogen-bond acceptors (Lipinski definition) is 3. The van der Waals surface area contributed by atoms with Crippen LogP contribution in [0.2, 0.25) is 0 Å². The van der Waals surface area contributed by atoms with Gasteiger partial charge in [0.15, 0.2) is 12.4 Å². The minimum absolute atomic E-state index is 0.0445. The molecule has 0 aliphatic rings. The number of ether oxygens (including phenoxy) is 1. The molecule has 0 radical (unpaired) electrons. The number of carbonyl (C=O) groups is 2. The molecule has 0 aliphatic heterocycles. The number of Topliss-reactive ketones (excluding diaryl/α,β-unsaturated/α-hetero) is 1. The summed E-state index contributed by atoms with van der Waals surface area (Å²) in [6.07, 6.45) is 1.14. The van der Waals surface area contributed by atoms with Gasteiger partial charge in [-0.3, -0.25) is 9.59 Å². The second-order valence-electron chi connectivity index (χ2n) is 4.08. The van der Waals surface area contributed by atoms with E-state index in [9.17, 15) is 9.59 Å². The van der Waals surface area contributed by atoms with E-state index in [1.165, 1.54) is 0 Å². The molecule has 0 rings (SSSR count). The first kappa shape index (κ1) is 12.1. The number of rotatable bonds is 4. The summed E-state index contributed by atoms with van der Waals surface area (Å²) in [5.41, 5.74) is -0.424. The van der Waals surface area contributed by atoms with Crippen LogP contribution in [-0.2, 0) is 14.3 Å². The Morgan fingerprint density at radius 3 is 2.15 bits per heavy atom. The summed E-state index contributed by atoms with van der Waals surface area (Å²) >= 11 is 0. The Hall–Kier alpha value is -0.860. The molecule has 0 aromatic rings. The van der Waals surface area contributed by atoms with Gasteiger partial charge in [0.05, 0.1) is 0 Å². The third-order valence-corrected chi connectivity index (χ3v) is 1.65. The van der Waals surface area contributed by atoms with Gasteiger partial charge < -0.3 is 4.74 Å². The summed E-state index contributed by atoms with van der Waals surface area (Å²) in [7, 11) is 0. The van der Waals surface area contributed by atoms with Crippen molar-refractivity contribution in [1.29, 1.82) is 0 Å². The van der Waals surface area contributed by atoms with Crippen molar-refractivity contribution in [3.05, 3.63) is 0 Å². The maximum Gasteiger partial charge on any atom is 0.306 e. The van der Waals surface area contributed by atoms with E-state index < -0.39 is 5.41 Å². The molecule has 0 saturated carbocycles. The Labute approximate surface area is 79.5 Å². The van der Waals surface area contributed by atoms with Crippen molar-refractivity contribution < 1.29 is 14.3 Å². The zero-order valence-electron chi connectivity index (χ0n) is 8.85. The number of esters is 1. The summed E-state index contributed by atoms with van der Waals surface area (Å²) in [5.74, 6) is -0.336. The molecule has 0 aliphatic carbocycles. The second kappa shape index (κ2) is 5.00. The fourth-order valence-corrected chi connectivity index (χ4v) is 0.639. The molecule has 0 unspecified atom stereocenters. The second-order valence-corrected chi connectivity index (χ2v) is 4.08. The third-order valence-electron chi connectivity index (χ3n) is 1.65. The molecule has 0 atom stereocenters. The van der Waals surface area contributed by atoms with Crippen LogP contribution in [0.15, 0.2) is 0 Å². The molecule has 3 nitrogen and oxygen atoms in total. The summed E-state index contributed by atoms with van der Waals surface area (Å²) in [4.78, 5) is 22.2. The largest absolute Gasteiger partial charge is 0.458 e. The van der Waals surface area contributed by atoms with Crippen LogP contribution < -0.4 is 0 Å². The van der Waals surface area contributed by atoms with Gasteiger partial charge in [-0.05, 0) is 6.42 Å². The Balaban J connectivity index is 3.77. The molecule has 0 aromatic carbocycles. The topological polar surface area (TPSA) is 43.4 Å². The standard InChI is InChI=1S/C10H18O3/c1-5-6-9(12)13-7-8(11)10(2,3)4/h5-7H2,1-4H3. The van der Waals surface area contributed by atoms with Gasteiger partial charge in [0.25, 0.3) is 0 Å². The molecule has 0 bridgehead atoms. The predicted molar refractivity (Wildman–Crippen MR) is 50.3 cm³/mol. The van der Waals surface area contributed by atoms with Gasteiger partial charge in [-0.2, -0.15) is 0 Å². The van der Waals surface area contributed by atoms with Crippen LogP contribution in [0.1, 0.15) is 40.5 Å². The van der Waals surface area contributed by atoms with E-state index >= 15 is 0 Å². The molecule has 0 fully saturated rings. The normalized spacial score (nSPS) is 11.1. The number of ketones is 1. The fraction of sp³-hybridized carbons (Fsp3) is 0.800.